The van der Waals surface area contributed by atoms with Crippen molar-refractivity contribution in [1.29, 1.82) is 0 Å². The second-order valence-corrected chi connectivity index (χ2v) is 5.69. The van der Waals surface area contributed by atoms with E-state index in [-0.39, 0.29) is 5.92 Å². The lowest BCUT2D eigenvalue weighted by Gasteiger charge is -2.09. The summed E-state index contributed by atoms with van der Waals surface area (Å²) in [4.78, 5) is 11.8. The van der Waals surface area contributed by atoms with Gasteiger partial charge in [0.2, 0.25) is 0 Å². The Kier molecular flexibility index (Phi) is 6.20. The fourth-order valence-corrected chi connectivity index (χ4v) is 2.23. The zero-order valence-corrected chi connectivity index (χ0v) is 13.4. The van der Waals surface area contributed by atoms with Gasteiger partial charge in [0.25, 0.3) is 0 Å². The van der Waals surface area contributed by atoms with E-state index in [1.165, 1.54) is 5.56 Å². The molecule has 0 aliphatic carbocycles. The van der Waals surface area contributed by atoms with Crippen molar-refractivity contribution >= 4 is 5.78 Å². The van der Waals surface area contributed by atoms with Crippen molar-refractivity contribution in [2.75, 3.05) is 0 Å². The molecule has 0 aliphatic rings. The minimum atomic E-state index is 0.175. The Labute approximate surface area is 133 Å². The van der Waals surface area contributed by atoms with Crippen molar-refractivity contribution in [2.45, 2.75) is 39.7 Å². The highest BCUT2D eigenvalue weighted by Crippen LogP contribution is 2.16. The van der Waals surface area contributed by atoms with Crippen LogP contribution >= 0.6 is 0 Å². The molecule has 0 fully saturated rings. The van der Waals surface area contributed by atoms with Gasteiger partial charge in [-0.05, 0) is 36.1 Å². The summed E-state index contributed by atoms with van der Waals surface area (Å²) in [6.07, 6.45) is 2.35. The van der Waals surface area contributed by atoms with E-state index < -0.39 is 0 Å². The normalized spacial score (nSPS) is 11.9. The quantitative estimate of drug-likeness (QED) is 0.698. The highest BCUT2D eigenvalue weighted by Gasteiger charge is 2.10. The van der Waals surface area contributed by atoms with Crippen LogP contribution in [-0.2, 0) is 17.8 Å². The highest BCUT2D eigenvalue weighted by molar-refractivity contribution is 5.80. The van der Waals surface area contributed by atoms with Crippen molar-refractivity contribution in [3.05, 3.63) is 65.7 Å². The molecule has 0 spiro atoms. The Balaban J connectivity index is 1.81. The maximum atomic E-state index is 11.8. The lowest BCUT2D eigenvalue weighted by Crippen LogP contribution is -2.10. The lowest BCUT2D eigenvalue weighted by atomic mass is 9.98. The summed E-state index contributed by atoms with van der Waals surface area (Å²) in [5.41, 5.74) is 2.34. The van der Waals surface area contributed by atoms with Crippen LogP contribution in [0.5, 0.6) is 5.75 Å². The van der Waals surface area contributed by atoms with Crippen molar-refractivity contribution in [1.82, 2.24) is 0 Å². The van der Waals surface area contributed by atoms with Crippen molar-refractivity contribution < 1.29 is 9.53 Å². The molecule has 0 radical (unpaired) electrons. The number of ether oxygens (including phenoxy) is 1. The molecule has 2 nitrogen and oxygen atoms in total. The van der Waals surface area contributed by atoms with Gasteiger partial charge in [-0.15, -0.1) is 0 Å². The first kappa shape index (κ1) is 16.3. The highest BCUT2D eigenvalue weighted by atomic mass is 16.5. The zero-order chi connectivity index (χ0) is 15.8. The molecule has 0 unspecified atom stereocenters. The van der Waals surface area contributed by atoms with E-state index in [1.807, 2.05) is 49.4 Å². The van der Waals surface area contributed by atoms with Crippen LogP contribution in [0.3, 0.4) is 0 Å². The molecular formula is C20H24O2. The first-order valence-electron chi connectivity index (χ1n) is 7.97. The van der Waals surface area contributed by atoms with E-state index >= 15 is 0 Å². The predicted molar refractivity (Wildman–Crippen MR) is 90.0 cm³/mol. The Hall–Kier alpha value is -2.09. The molecule has 2 aromatic rings. The number of benzene rings is 2. The van der Waals surface area contributed by atoms with Gasteiger partial charge in [0.05, 0.1) is 0 Å². The van der Waals surface area contributed by atoms with E-state index in [2.05, 4.69) is 19.1 Å². The minimum Gasteiger partial charge on any atom is -0.489 e. The van der Waals surface area contributed by atoms with Crippen LogP contribution in [0.4, 0.5) is 0 Å². The predicted octanol–water partition coefficient (Wildman–Crippen LogP) is 4.81. The Bertz CT molecular complexity index is 572. The summed E-state index contributed by atoms with van der Waals surface area (Å²) in [7, 11) is 0. The molecule has 0 bridgehead atoms. The summed E-state index contributed by atoms with van der Waals surface area (Å²) in [6.45, 7) is 4.64. The number of carbonyl (C=O) groups is 1. The summed E-state index contributed by atoms with van der Waals surface area (Å²) >= 11 is 0. The van der Waals surface area contributed by atoms with E-state index in [0.717, 1.165) is 24.2 Å². The molecule has 0 N–H and O–H groups in total. The number of aryl methyl sites for hydroxylation is 1. The Morgan fingerprint density at radius 2 is 1.68 bits per heavy atom. The van der Waals surface area contributed by atoms with Crippen LogP contribution in [0.2, 0.25) is 0 Å². The van der Waals surface area contributed by atoms with Gasteiger partial charge in [0.15, 0.2) is 0 Å². The maximum Gasteiger partial charge on any atom is 0.136 e. The first-order chi connectivity index (χ1) is 10.7. The molecular weight excluding hydrogens is 272 g/mol. The molecule has 22 heavy (non-hydrogen) atoms. The van der Waals surface area contributed by atoms with Crippen molar-refractivity contribution in [2.24, 2.45) is 5.92 Å². The molecule has 0 saturated heterocycles. The topological polar surface area (TPSA) is 26.3 Å². The summed E-state index contributed by atoms with van der Waals surface area (Å²) in [6, 6.07) is 18.2. The number of hydrogen-bond donors (Lipinski definition) is 0. The fraction of sp³-hybridized carbons (Fsp3) is 0.350. The van der Waals surface area contributed by atoms with Gasteiger partial charge in [-0.1, -0.05) is 56.3 Å². The molecule has 116 valence electrons. The Morgan fingerprint density at radius 1 is 1.00 bits per heavy atom. The standard InChI is InChI=1S/C20H24O2/c1-3-16(2)20(21)14-11-17-9-12-19(13-10-17)22-15-18-7-5-4-6-8-18/h4-10,12-13,16H,3,11,14-15H2,1-2H3/t16-/m0/s1. The third-order valence-electron chi connectivity index (χ3n) is 3.99. The average Bonchev–Trinajstić information content (AvgIpc) is 2.59. The lowest BCUT2D eigenvalue weighted by molar-refractivity contribution is -0.122. The van der Waals surface area contributed by atoms with Crippen LogP contribution in [0.25, 0.3) is 0 Å². The number of carbonyl (C=O) groups excluding carboxylic acids is 1. The summed E-state index contributed by atoms with van der Waals surface area (Å²) in [5.74, 6) is 1.39. The van der Waals surface area contributed by atoms with Crippen LogP contribution in [-0.4, -0.2) is 5.78 Å². The number of hydrogen-bond acceptors (Lipinski definition) is 2. The van der Waals surface area contributed by atoms with Crippen molar-refractivity contribution in [3.63, 3.8) is 0 Å². The second kappa shape index (κ2) is 8.38. The summed E-state index contributed by atoms with van der Waals surface area (Å²) in [5, 5.41) is 0. The summed E-state index contributed by atoms with van der Waals surface area (Å²) < 4.78 is 5.76. The molecule has 1 atom stereocenters. The van der Waals surface area contributed by atoms with E-state index in [1.54, 1.807) is 0 Å². The van der Waals surface area contributed by atoms with Gasteiger partial charge < -0.3 is 4.74 Å². The van der Waals surface area contributed by atoms with Gasteiger partial charge in [0, 0.05) is 12.3 Å². The third kappa shape index (κ3) is 5.03. The van der Waals surface area contributed by atoms with Crippen LogP contribution in [0, 0.1) is 5.92 Å². The molecule has 0 amide bonds. The zero-order valence-electron chi connectivity index (χ0n) is 13.4. The Morgan fingerprint density at radius 3 is 2.32 bits per heavy atom. The van der Waals surface area contributed by atoms with Crippen LogP contribution in [0.15, 0.2) is 54.6 Å². The van der Waals surface area contributed by atoms with Crippen LogP contribution in [0.1, 0.15) is 37.8 Å². The number of ketones is 1. The van der Waals surface area contributed by atoms with Gasteiger partial charge in [-0.2, -0.15) is 0 Å². The van der Waals surface area contributed by atoms with Gasteiger partial charge in [0.1, 0.15) is 18.1 Å². The second-order valence-electron chi connectivity index (χ2n) is 5.69. The molecule has 2 heteroatoms. The monoisotopic (exact) mass is 296 g/mol. The molecule has 2 aromatic carbocycles. The van der Waals surface area contributed by atoms with Gasteiger partial charge in [-0.3, -0.25) is 4.79 Å². The van der Waals surface area contributed by atoms with E-state index in [0.29, 0.717) is 18.8 Å². The van der Waals surface area contributed by atoms with E-state index in [4.69, 9.17) is 4.74 Å². The van der Waals surface area contributed by atoms with E-state index in [9.17, 15) is 4.79 Å². The fourth-order valence-electron chi connectivity index (χ4n) is 2.23. The SMILES string of the molecule is CC[C@H](C)C(=O)CCc1ccc(OCc2ccccc2)cc1. The molecule has 0 heterocycles. The number of rotatable bonds is 8. The molecule has 0 aromatic heterocycles. The smallest absolute Gasteiger partial charge is 0.136 e. The number of Topliss-reactive ketones (excluding diaryl/α,β-unsaturated/α-hetero) is 1. The minimum absolute atomic E-state index is 0.175. The largest absolute Gasteiger partial charge is 0.489 e. The van der Waals surface area contributed by atoms with Gasteiger partial charge >= 0.3 is 0 Å². The molecule has 0 aliphatic heterocycles. The van der Waals surface area contributed by atoms with Crippen LogP contribution < -0.4 is 4.74 Å². The molecule has 2 rings (SSSR count). The molecule has 0 saturated carbocycles. The maximum absolute atomic E-state index is 11.8. The third-order valence-corrected chi connectivity index (χ3v) is 3.99. The average molecular weight is 296 g/mol. The first-order valence-corrected chi connectivity index (χ1v) is 7.97. The van der Waals surface area contributed by atoms with Gasteiger partial charge in [-0.25, -0.2) is 0 Å². The van der Waals surface area contributed by atoms with Crippen molar-refractivity contribution in [3.8, 4) is 5.75 Å².